The molecule has 1 aromatic carbocycles. The predicted octanol–water partition coefficient (Wildman–Crippen LogP) is 2.77. The molecule has 0 bridgehead atoms. The molecule has 0 radical (unpaired) electrons. The molecule has 1 aromatic rings. The van der Waals surface area contributed by atoms with E-state index >= 15 is 0 Å². The summed E-state index contributed by atoms with van der Waals surface area (Å²) in [5.41, 5.74) is 1.58. The standard InChI is InChI=1S/C15H20ClFN2O2S/c1-11-3-4-14(17)15(9-11)19-7-5-13(6-8-19)18-22(20,21)10-12(2)16/h3-4,9,13,18H,2,5-8,10H2,1H3. The normalized spacial score (nSPS) is 16.8. The maximum atomic E-state index is 13.9. The van der Waals surface area contributed by atoms with Crippen LogP contribution in [0.3, 0.4) is 0 Å². The Morgan fingerprint density at radius 3 is 2.68 bits per heavy atom. The summed E-state index contributed by atoms with van der Waals surface area (Å²) in [6, 6.07) is 4.87. The van der Waals surface area contributed by atoms with Crippen molar-refractivity contribution >= 4 is 27.3 Å². The highest BCUT2D eigenvalue weighted by Crippen LogP contribution is 2.24. The molecule has 7 heteroatoms. The van der Waals surface area contributed by atoms with Gasteiger partial charge in [-0.2, -0.15) is 0 Å². The summed E-state index contributed by atoms with van der Waals surface area (Å²) in [5.74, 6) is -0.524. The smallest absolute Gasteiger partial charge is 0.216 e. The van der Waals surface area contributed by atoms with E-state index in [1.165, 1.54) is 6.07 Å². The number of nitrogens with zero attached hydrogens (tertiary/aromatic N) is 1. The van der Waals surface area contributed by atoms with E-state index in [2.05, 4.69) is 11.3 Å². The molecule has 0 aromatic heterocycles. The van der Waals surface area contributed by atoms with E-state index in [0.29, 0.717) is 31.6 Å². The molecule has 1 heterocycles. The second-order valence-electron chi connectivity index (χ2n) is 5.61. The van der Waals surface area contributed by atoms with Crippen LogP contribution in [0.4, 0.5) is 10.1 Å². The number of hydrogen-bond donors (Lipinski definition) is 1. The number of rotatable bonds is 5. The van der Waals surface area contributed by atoms with Gasteiger partial charge in [0, 0.05) is 24.2 Å². The molecule has 1 aliphatic rings. The van der Waals surface area contributed by atoms with Crippen LogP contribution in [0.2, 0.25) is 0 Å². The topological polar surface area (TPSA) is 49.4 Å². The van der Waals surface area contributed by atoms with Crippen LogP contribution < -0.4 is 9.62 Å². The minimum Gasteiger partial charge on any atom is -0.369 e. The Balaban J connectivity index is 1.96. The molecule has 122 valence electrons. The van der Waals surface area contributed by atoms with Crippen LogP contribution in [-0.4, -0.2) is 33.3 Å². The molecular formula is C15H20ClFN2O2S. The first kappa shape index (κ1) is 17.2. The number of aryl methyl sites for hydroxylation is 1. The van der Waals surface area contributed by atoms with E-state index in [4.69, 9.17) is 11.6 Å². The van der Waals surface area contributed by atoms with E-state index in [-0.39, 0.29) is 22.6 Å². The number of hydrogen-bond acceptors (Lipinski definition) is 3. The van der Waals surface area contributed by atoms with Crippen LogP contribution in [0.25, 0.3) is 0 Å². The molecule has 4 nitrogen and oxygen atoms in total. The van der Waals surface area contributed by atoms with E-state index in [9.17, 15) is 12.8 Å². The summed E-state index contributed by atoms with van der Waals surface area (Å²) in [6.45, 7) is 6.53. The summed E-state index contributed by atoms with van der Waals surface area (Å²) < 4.78 is 40.2. The van der Waals surface area contributed by atoms with Crippen LogP contribution in [0.5, 0.6) is 0 Å². The average Bonchev–Trinajstić information content (AvgIpc) is 2.40. The third-order valence-electron chi connectivity index (χ3n) is 3.63. The lowest BCUT2D eigenvalue weighted by Gasteiger charge is -2.34. The van der Waals surface area contributed by atoms with Gasteiger partial charge in [-0.15, -0.1) is 0 Å². The summed E-state index contributed by atoms with van der Waals surface area (Å²) in [4.78, 5) is 1.95. The molecule has 1 saturated heterocycles. The molecule has 0 amide bonds. The molecule has 0 spiro atoms. The monoisotopic (exact) mass is 346 g/mol. The lowest BCUT2D eigenvalue weighted by Crippen LogP contribution is -2.45. The summed E-state index contributed by atoms with van der Waals surface area (Å²) in [6.07, 6.45) is 1.25. The van der Waals surface area contributed by atoms with Crippen LogP contribution in [0, 0.1) is 12.7 Å². The Bertz CT molecular complexity index is 656. The quantitative estimate of drug-likeness (QED) is 0.892. The van der Waals surface area contributed by atoms with Gasteiger partial charge in [0.15, 0.2) is 0 Å². The molecule has 1 N–H and O–H groups in total. The number of anilines is 1. The van der Waals surface area contributed by atoms with Gasteiger partial charge in [0.1, 0.15) is 5.82 Å². The van der Waals surface area contributed by atoms with Crippen molar-refractivity contribution in [3.63, 3.8) is 0 Å². The van der Waals surface area contributed by atoms with E-state index < -0.39 is 10.0 Å². The molecule has 1 aliphatic heterocycles. The zero-order valence-corrected chi connectivity index (χ0v) is 14.1. The number of sulfonamides is 1. The lowest BCUT2D eigenvalue weighted by molar-refractivity contribution is 0.456. The number of nitrogens with one attached hydrogen (secondary N) is 1. The van der Waals surface area contributed by atoms with Crippen molar-refractivity contribution in [2.45, 2.75) is 25.8 Å². The number of piperidine rings is 1. The Labute approximate surface area is 136 Å². The van der Waals surface area contributed by atoms with Crippen molar-refractivity contribution < 1.29 is 12.8 Å². The maximum absolute atomic E-state index is 13.9. The molecule has 22 heavy (non-hydrogen) atoms. The highest BCUT2D eigenvalue weighted by atomic mass is 35.5. The van der Waals surface area contributed by atoms with E-state index in [1.807, 2.05) is 17.9 Å². The lowest BCUT2D eigenvalue weighted by atomic mass is 10.0. The first-order chi connectivity index (χ1) is 10.3. The molecule has 1 fully saturated rings. The highest BCUT2D eigenvalue weighted by Gasteiger charge is 2.25. The van der Waals surface area contributed by atoms with Crippen molar-refractivity contribution in [1.82, 2.24) is 4.72 Å². The first-order valence-electron chi connectivity index (χ1n) is 7.11. The zero-order valence-electron chi connectivity index (χ0n) is 12.5. The number of benzene rings is 1. The summed E-state index contributed by atoms with van der Waals surface area (Å²) >= 11 is 5.55. The van der Waals surface area contributed by atoms with Crippen molar-refractivity contribution in [2.24, 2.45) is 0 Å². The fraction of sp³-hybridized carbons (Fsp3) is 0.467. The second kappa shape index (κ2) is 6.98. The number of halogens is 2. The van der Waals surface area contributed by atoms with Gasteiger partial charge in [0.05, 0.1) is 11.4 Å². The molecule has 0 atom stereocenters. The van der Waals surface area contributed by atoms with Crippen LogP contribution in [0.1, 0.15) is 18.4 Å². The minimum absolute atomic E-state index is 0.0896. The summed E-state index contributed by atoms with van der Waals surface area (Å²) in [7, 11) is -3.45. The Morgan fingerprint density at radius 1 is 1.45 bits per heavy atom. The van der Waals surface area contributed by atoms with E-state index in [1.54, 1.807) is 6.07 Å². The third-order valence-corrected chi connectivity index (χ3v) is 5.34. The maximum Gasteiger partial charge on any atom is 0.216 e. The molecule has 0 aliphatic carbocycles. The van der Waals surface area contributed by atoms with Gasteiger partial charge in [0.25, 0.3) is 0 Å². The molecule has 0 unspecified atom stereocenters. The van der Waals surface area contributed by atoms with Gasteiger partial charge < -0.3 is 4.90 Å². The molecule has 0 saturated carbocycles. The van der Waals surface area contributed by atoms with Gasteiger partial charge in [-0.25, -0.2) is 17.5 Å². The first-order valence-corrected chi connectivity index (χ1v) is 9.14. The minimum atomic E-state index is -3.45. The molecular weight excluding hydrogens is 327 g/mol. The van der Waals surface area contributed by atoms with Crippen LogP contribution in [-0.2, 0) is 10.0 Å². The highest BCUT2D eigenvalue weighted by molar-refractivity contribution is 7.89. The fourth-order valence-corrected chi connectivity index (χ4v) is 4.28. The fourth-order valence-electron chi connectivity index (χ4n) is 2.61. The van der Waals surface area contributed by atoms with Gasteiger partial charge in [-0.3, -0.25) is 0 Å². The second-order valence-corrected chi connectivity index (χ2v) is 7.90. The van der Waals surface area contributed by atoms with Gasteiger partial charge in [-0.1, -0.05) is 24.2 Å². The third kappa shape index (κ3) is 4.69. The van der Waals surface area contributed by atoms with Crippen molar-refractivity contribution in [1.29, 1.82) is 0 Å². The Hall–Kier alpha value is -1.11. The summed E-state index contributed by atoms with van der Waals surface area (Å²) in [5, 5.41) is 0.0896. The SMILES string of the molecule is C=C(Cl)CS(=O)(=O)NC1CCN(c2cc(C)ccc2F)CC1. The average molecular weight is 347 g/mol. The van der Waals surface area contributed by atoms with Crippen molar-refractivity contribution in [3.05, 3.63) is 41.2 Å². The predicted molar refractivity (Wildman–Crippen MR) is 88.3 cm³/mol. The van der Waals surface area contributed by atoms with Crippen molar-refractivity contribution in [3.8, 4) is 0 Å². The van der Waals surface area contributed by atoms with Gasteiger partial charge in [0.2, 0.25) is 10.0 Å². The van der Waals surface area contributed by atoms with Crippen LogP contribution in [0.15, 0.2) is 29.8 Å². The van der Waals surface area contributed by atoms with Crippen molar-refractivity contribution in [2.75, 3.05) is 23.7 Å². The Kier molecular flexibility index (Phi) is 5.47. The largest absolute Gasteiger partial charge is 0.369 e. The van der Waals surface area contributed by atoms with E-state index in [0.717, 1.165) is 5.56 Å². The molecule has 2 rings (SSSR count). The van der Waals surface area contributed by atoms with Crippen LogP contribution >= 0.6 is 11.6 Å². The van der Waals surface area contributed by atoms with Gasteiger partial charge >= 0.3 is 0 Å². The van der Waals surface area contributed by atoms with Gasteiger partial charge in [-0.05, 0) is 37.5 Å². The zero-order chi connectivity index (χ0) is 16.3. The Morgan fingerprint density at radius 2 is 2.09 bits per heavy atom.